The molecule has 0 heterocycles. The highest BCUT2D eigenvalue weighted by Crippen LogP contribution is 2.29. The number of nitrogen functional groups attached to an aromatic ring is 1. The molecular weight excluding hydrogens is 334 g/mol. The molecule has 1 aromatic rings. The fourth-order valence-corrected chi connectivity index (χ4v) is 3.31. The molecule has 0 amide bonds. The van der Waals surface area contributed by atoms with Gasteiger partial charge in [0, 0.05) is 13.5 Å². The van der Waals surface area contributed by atoms with Crippen molar-refractivity contribution in [1.82, 2.24) is 5.32 Å². The predicted molar refractivity (Wildman–Crippen MR) is 115 cm³/mol. The standard InChI is InChI=1S/C23H31N3O/c1-4-11-19(25-21-14-8-7-13-20(21)24)15-18-23(16-9-6-10-17-23)26-22(27-3)12-5-2/h4-5,7-8,11,13-14,22,25-26H,1-2,6,9-10,12,16-17,24H2,3H3/b19-11-. The van der Waals surface area contributed by atoms with Gasteiger partial charge in [-0.3, -0.25) is 5.32 Å². The van der Waals surface area contributed by atoms with Gasteiger partial charge in [0.25, 0.3) is 0 Å². The molecule has 0 radical (unpaired) electrons. The maximum atomic E-state index is 6.05. The first kappa shape index (κ1) is 20.8. The van der Waals surface area contributed by atoms with Crippen molar-refractivity contribution in [2.75, 3.05) is 18.2 Å². The van der Waals surface area contributed by atoms with E-state index in [1.807, 2.05) is 36.4 Å². The maximum absolute atomic E-state index is 6.05. The lowest BCUT2D eigenvalue weighted by Gasteiger charge is -2.36. The molecule has 2 rings (SSSR count). The van der Waals surface area contributed by atoms with Gasteiger partial charge in [-0.15, -0.1) is 6.58 Å². The Hall–Kier alpha value is -2.48. The van der Waals surface area contributed by atoms with Crippen molar-refractivity contribution in [3.63, 3.8) is 0 Å². The smallest absolute Gasteiger partial charge is 0.112 e. The molecule has 1 saturated carbocycles. The highest BCUT2D eigenvalue weighted by atomic mass is 16.5. The Morgan fingerprint density at radius 2 is 2.04 bits per heavy atom. The van der Waals surface area contributed by atoms with Gasteiger partial charge >= 0.3 is 0 Å². The van der Waals surface area contributed by atoms with Gasteiger partial charge < -0.3 is 15.8 Å². The van der Waals surface area contributed by atoms with Crippen molar-refractivity contribution in [3.05, 3.63) is 61.3 Å². The normalized spacial score (nSPS) is 17.3. The monoisotopic (exact) mass is 365 g/mol. The molecule has 4 nitrogen and oxygen atoms in total. The van der Waals surface area contributed by atoms with Gasteiger partial charge in [-0.2, -0.15) is 0 Å². The summed E-state index contributed by atoms with van der Waals surface area (Å²) in [5.41, 5.74) is 8.08. The first-order chi connectivity index (χ1) is 13.1. The number of methoxy groups -OCH3 is 1. The molecule has 4 heteroatoms. The number of ether oxygens (including phenoxy) is 1. The van der Waals surface area contributed by atoms with Crippen LogP contribution in [0.25, 0.3) is 0 Å². The number of hydrogen-bond donors (Lipinski definition) is 3. The first-order valence-electron chi connectivity index (χ1n) is 9.51. The average Bonchev–Trinajstić information content (AvgIpc) is 2.68. The Labute approximate surface area is 163 Å². The number of nitrogens with one attached hydrogen (secondary N) is 2. The molecule has 0 aliphatic heterocycles. The van der Waals surface area contributed by atoms with Gasteiger partial charge in [-0.1, -0.05) is 56.0 Å². The quantitative estimate of drug-likeness (QED) is 0.207. The maximum Gasteiger partial charge on any atom is 0.112 e. The summed E-state index contributed by atoms with van der Waals surface area (Å²) >= 11 is 0. The second-order valence-electron chi connectivity index (χ2n) is 6.81. The summed E-state index contributed by atoms with van der Waals surface area (Å²) in [6.45, 7) is 7.62. The third-order valence-electron chi connectivity index (χ3n) is 4.76. The molecule has 144 valence electrons. The Morgan fingerprint density at radius 1 is 1.30 bits per heavy atom. The third-order valence-corrected chi connectivity index (χ3v) is 4.76. The number of nitrogens with two attached hydrogens (primary N) is 1. The Kier molecular flexibility index (Phi) is 8.19. The average molecular weight is 366 g/mol. The van der Waals surface area contributed by atoms with E-state index in [9.17, 15) is 0 Å². The lowest BCUT2D eigenvalue weighted by Crippen LogP contribution is -2.51. The number of rotatable bonds is 8. The van der Waals surface area contributed by atoms with Crippen LogP contribution < -0.4 is 16.4 Å². The van der Waals surface area contributed by atoms with Crippen LogP contribution in [0.5, 0.6) is 0 Å². The van der Waals surface area contributed by atoms with Gasteiger partial charge in [0.15, 0.2) is 0 Å². The molecule has 1 aliphatic rings. The fraction of sp³-hybridized carbons (Fsp3) is 0.391. The summed E-state index contributed by atoms with van der Waals surface area (Å²) < 4.78 is 5.57. The van der Waals surface area contributed by atoms with Crippen molar-refractivity contribution < 1.29 is 4.74 Å². The molecule has 1 aliphatic carbocycles. The third kappa shape index (κ3) is 6.32. The minimum absolute atomic E-state index is 0.0838. The second-order valence-corrected chi connectivity index (χ2v) is 6.81. The zero-order valence-corrected chi connectivity index (χ0v) is 16.3. The number of anilines is 2. The van der Waals surface area contributed by atoms with Crippen LogP contribution in [-0.4, -0.2) is 18.9 Å². The number of para-hydroxylation sites is 2. The van der Waals surface area contributed by atoms with Crippen LogP contribution in [0.2, 0.25) is 0 Å². The van der Waals surface area contributed by atoms with Crippen molar-refractivity contribution in [1.29, 1.82) is 0 Å². The van der Waals surface area contributed by atoms with E-state index in [4.69, 9.17) is 10.5 Å². The molecule has 1 aromatic carbocycles. The van der Waals surface area contributed by atoms with Crippen LogP contribution in [0, 0.1) is 11.8 Å². The van der Waals surface area contributed by atoms with E-state index < -0.39 is 0 Å². The molecule has 1 atom stereocenters. The van der Waals surface area contributed by atoms with E-state index in [1.54, 1.807) is 13.2 Å². The predicted octanol–water partition coefficient (Wildman–Crippen LogP) is 4.60. The molecule has 0 spiro atoms. The Morgan fingerprint density at radius 3 is 2.67 bits per heavy atom. The number of hydrogen-bond acceptors (Lipinski definition) is 4. The topological polar surface area (TPSA) is 59.3 Å². The van der Waals surface area contributed by atoms with Gasteiger partial charge in [0.05, 0.1) is 22.6 Å². The minimum Gasteiger partial charge on any atom is -0.397 e. The summed E-state index contributed by atoms with van der Waals surface area (Å²) in [5.74, 6) is 6.80. The van der Waals surface area contributed by atoms with E-state index in [2.05, 4.69) is 35.6 Å². The van der Waals surface area contributed by atoms with E-state index in [0.29, 0.717) is 5.69 Å². The highest BCUT2D eigenvalue weighted by Gasteiger charge is 2.32. The Balaban J connectivity index is 2.25. The second kappa shape index (κ2) is 10.6. The van der Waals surface area contributed by atoms with Crippen molar-refractivity contribution >= 4 is 11.4 Å². The molecule has 4 N–H and O–H groups in total. The van der Waals surface area contributed by atoms with Crippen LogP contribution in [0.15, 0.2) is 61.3 Å². The lowest BCUT2D eigenvalue weighted by molar-refractivity contribution is 0.0475. The van der Waals surface area contributed by atoms with Crippen LogP contribution in [-0.2, 0) is 4.74 Å². The summed E-state index contributed by atoms with van der Waals surface area (Å²) in [6, 6.07) is 7.66. The van der Waals surface area contributed by atoms with E-state index in [0.717, 1.165) is 43.5 Å². The molecule has 1 fully saturated rings. The minimum atomic E-state index is -0.258. The highest BCUT2D eigenvalue weighted by molar-refractivity contribution is 5.69. The van der Waals surface area contributed by atoms with Crippen LogP contribution in [0.1, 0.15) is 38.5 Å². The first-order valence-corrected chi connectivity index (χ1v) is 9.51. The zero-order chi connectivity index (χ0) is 19.5. The van der Waals surface area contributed by atoms with Gasteiger partial charge in [-0.25, -0.2) is 0 Å². The molecule has 1 unspecified atom stereocenters. The summed E-state index contributed by atoms with van der Waals surface area (Å²) in [4.78, 5) is 0. The SMILES string of the molecule is C=C/C=C(/C#CC1(NC(CC=C)OC)CCCCC1)Nc1ccccc1N. The van der Waals surface area contributed by atoms with E-state index in [-0.39, 0.29) is 11.8 Å². The summed E-state index contributed by atoms with van der Waals surface area (Å²) in [6.07, 6.45) is 11.7. The number of allylic oxidation sites excluding steroid dienone is 3. The molecule has 0 bridgehead atoms. The zero-order valence-electron chi connectivity index (χ0n) is 16.3. The fourth-order valence-electron chi connectivity index (χ4n) is 3.31. The summed E-state index contributed by atoms with van der Waals surface area (Å²) in [5, 5.41) is 6.93. The molecular formula is C23H31N3O. The van der Waals surface area contributed by atoms with Crippen molar-refractivity contribution in [3.8, 4) is 11.8 Å². The molecule has 27 heavy (non-hydrogen) atoms. The van der Waals surface area contributed by atoms with Crippen molar-refractivity contribution in [2.24, 2.45) is 0 Å². The van der Waals surface area contributed by atoms with Crippen LogP contribution in [0.3, 0.4) is 0 Å². The lowest BCUT2D eigenvalue weighted by atomic mass is 9.81. The van der Waals surface area contributed by atoms with Crippen LogP contribution >= 0.6 is 0 Å². The largest absolute Gasteiger partial charge is 0.397 e. The number of benzene rings is 1. The summed E-state index contributed by atoms with van der Waals surface area (Å²) in [7, 11) is 1.72. The van der Waals surface area contributed by atoms with E-state index >= 15 is 0 Å². The molecule has 0 saturated heterocycles. The Bertz CT molecular complexity index is 721. The van der Waals surface area contributed by atoms with Gasteiger partial charge in [0.2, 0.25) is 0 Å². The van der Waals surface area contributed by atoms with Crippen LogP contribution in [0.4, 0.5) is 11.4 Å². The van der Waals surface area contributed by atoms with E-state index in [1.165, 1.54) is 6.42 Å². The van der Waals surface area contributed by atoms with Gasteiger partial charge in [0.1, 0.15) is 6.23 Å². The van der Waals surface area contributed by atoms with Gasteiger partial charge in [-0.05, 0) is 37.0 Å². The van der Waals surface area contributed by atoms with Crippen molar-refractivity contribution in [2.45, 2.75) is 50.3 Å². The molecule has 0 aromatic heterocycles.